The first-order valence-electron chi connectivity index (χ1n) is 10.5. The first-order chi connectivity index (χ1) is 15.1. The van der Waals surface area contributed by atoms with Gasteiger partial charge in [0, 0.05) is 57.0 Å². The van der Waals surface area contributed by atoms with Crippen molar-refractivity contribution in [1.82, 2.24) is 9.80 Å². The Kier molecular flexibility index (Phi) is 10.1. The number of methoxy groups -OCH3 is 1. The Hall–Kier alpha value is -2.64. The summed E-state index contributed by atoms with van der Waals surface area (Å²) in [7, 11) is 1.74. The number of fused-ring (bicyclic) bond motifs is 1. The van der Waals surface area contributed by atoms with Crippen LogP contribution >= 0.6 is 24.8 Å². The van der Waals surface area contributed by atoms with Crippen LogP contribution in [0.25, 0.3) is 16.8 Å². The highest BCUT2D eigenvalue weighted by molar-refractivity contribution is 5.87. The molecule has 0 unspecified atom stereocenters. The summed E-state index contributed by atoms with van der Waals surface area (Å²) < 4.78 is 5.65. The van der Waals surface area contributed by atoms with Gasteiger partial charge in [0.2, 0.25) is 0 Å². The zero-order valence-corrected chi connectivity index (χ0v) is 20.2. The number of nitro groups is 1. The van der Waals surface area contributed by atoms with Crippen LogP contribution < -0.4 is 4.74 Å². The van der Waals surface area contributed by atoms with Crippen LogP contribution in [0, 0.1) is 10.1 Å². The molecule has 0 atom stereocenters. The number of non-ortho nitro benzene ring substituents is 1. The van der Waals surface area contributed by atoms with Gasteiger partial charge < -0.3 is 4.74 Å². The van der Waals surface area contributed by atoms with Gasteiger partial charge in [-0.1, -0.05) is 42.5 Å². The number of ether oxygens (including phenoxy) is 1. The molecule has 176 valence electrons. The molecule has 3 aromatic carbocycles. The predicted molar refractivity (Wildman–Crippen MR) is 139 cm³/mol. The molecule has 8 heteroatoms. The van der Waals surface area contributed by atoms with Crippen molar-refractivity contribution in [3.8, 4) is 5.75 Å². The Balaban J connectivity index is 0.00000193. The molecule has 1 fully saturated rings. The molecule has 1 heterocycles. The highest BCUT2D eigenvalue weighted by atomic mass is 35.5. The van der Waals surface area contributed by atoms with Crippen molar-refractivity contribution in [3.05, 3.63) is 88.0 Å². The van der Waals surface area contributed by atoms with Crippen LogP contribution in [0.15, 0.2) is 66.7 Å². The van der Waals surface area contributed by atoms with E-state index in [0.29, 0.717) is 0 Å². The molecular formula is C25H29Cl2N3O3. The molecule has 0 amide bonds. The summed E-state index contributed by atoms with van der Waals surface area (Å²) in [5, 5.41) is 13.2. The second kappa shape index (κ2) is 12.6. The minimum absolute atomic E-state index is 0. The van der Waals surface area contributed by atoms with Crippen LogP contribution in [-0.2, 0) is 6.54 Å². The molecule has 33 heavy (non-hydrogen) atoms. The van der Waals surface area contributed by atoms with Crippen LogP contribution in [0.5, 0.6) is 5.75 Å². The molecule has 0 saturated carbocycles. The molecule has 1 saturated heterocycles. The second-order valence-electron chi connectivity index (χ2n) is 7.80. The van der Waals surface area contributed by atoms with E-state index < -0.39 is 0 Å². The second-order valence-corrected chi connectivity index (χ2v) is 7.80. The monoisotopic (exact) mass is 489 g/mol. The summed E-state index contributed by atoms with van der Waals surface area (Å²) >= 11 is 0. The number of piperazine rings is 1. The number of halogens is 2. The SMILES string of the molecule is COc1ccc2ccccc2c1CN1CCN(C/C=C/c2ccc([N+](=O)[O-])cc2)CC1.Cl.Cl. The third-order valence-electron chi connectivity index (χ3n) is 5.84. The number of nitrogens with zero attached hydrogens (tertiary/aromatic N) is 3. The molecule has 0 aromatic heterocycles. The van der Waals surface area contributed by atoms with Gasteiger partial charge >= 0.3 is 0 Å². The van der Waals surface area contributed by atoms with Gasteiger partial charge in [0.15, 0.2) is 0 Å². The number of hydrogen-bond acceptors (Lipinski definition) is 5. The predicted octanol–water partition coefficient (Wildman–Crippen LogP) is 5.43. The first kappa shape index (κ1) is 26.6. The van der Waals surface area contributed by atoms with E-state index in [9.17, 15) is 10.1 Å². The van der Waals surface area contributed by atoms with Gasteiger partial charge in [0.25, 0.3) is 5.69 Å². The molecule has 4 rings (SSSR count). The maximum atomic E-state index is 10.7. The largest absolute Gasteiger partial charge is 0.496 e. The van der Waals surface area contributed by atoms with Crippen molar-refractivity contribution in [1.29, 1.82) is 0 Å². The van der Waals surface area contributed by atoms with Gasteiger partial charge in [-0.15, -0.1) is 24.8 Å². The van der Waals surface area contributed by atoms with Crippen molar-refractivity contribution in [3.63, 3.8) is 0 Å². The molecule has 1 aliphatic rings. The van der Waals surface area contributed by atoms with Crippen molar-refractivity contribution >= 4 is 47.3 Å². The molecule has 3 aromatic rings. The van der Waals surface area contributed by atoms with E-state index in [2.05, 4.69) is 52.3 Å². The molecule has 0 N–H and O–H groups in total. The number of hydrogen-bond donors (Lipinski definition) is 0. The van der Waals surface area contributed by atoms with Crippen LogP contribution in [0.2, 0.25) is 0 Å². The molecule has 0 aliphatic carbocycles. The van der Waals surface area contributed by atoms with Crippen molar-refractivity contribution in [2.24, 2.45) is 0 Å². The normalized spacial score (nSPS) is 14.6. The summed E-state index contributed by atoms with van der Waals surface area (Å²) in [6.07, 6.45) is 4.15. The van der Waals surface area contributed by atoms with Crippen LogP contribution in [0.4, 0.5) is 5.69 Å². The van der Waals surface area contributed by atoms with Crippen molar-refractivity contribution < 1.29 is 9.66 Å². The van der Waals surface area contributed by atoms with Gasteiger partial charge in [0.05, 0.1) is 12.0 Å². The van der Waals surface area contributed by atoms with E-state index in [1.54, 1.807) is 31.4 Å². The van der Waals surface area contributed by atoms with Crippen LogP contribution in [0.3, 0.4) is 0 Å². The topological polar surface area (TPSA) is 58.8 Å². The highest BCUT2D eigenvalue weighted by Gasteiger charge is 2.18. The zero-order valence-electron chi connectivity index (χ0n) is 18.6. The Bertz CT molecular complexity index is 1080. The average molecular weight is 490 g/mol. The van der Waals surface area contributed by atoms with Gasteiger partial charge in [-0.2, -0.15) is 0 Å². The quantitative estimate of drug-likeness (QED) is 0.327. The van der Waals surface area contributed by atoms with Gasteiger partial charge in [0.1, 0.15) is 5.75 Å². The summed E-state index contributed by atoms with van der Waals surface area (Å²) in [4.78, 5) is 15.3. The van der Waals surface area contributed by atoms with Crippen LogP contribution in [-0.4, -0.2) is 54.6 Å². The molecular weight excluding hydrogens is 461 g/mol. The minimum Gasteiger partial charge on any atom is -0.496 e. The third kappa shape index (κ3) is 6.68. The maximum absolute atomic E-state index is 10.7. The highest BCUT2D eigenvalue weighted by Crippen LogP contribution is 2.29. The molecule has 0 spiro atoms. The number of benzene rings is 3. The number of rotatable bonds is 7. The number of nitro benzene ring substituents is 1. The lowest BCUT2D eigenvalue weighted by Gasteiger charge is -2.34. The zero-order chi connectivity index (χ0) is 21.6. The summed E-state index contributed by atoms with van der Waals surface area (Å²) in [6.45, 7) is 5.81. The standard InChI is InChI=1S/C25H27N3O3.2ClH/c1-31-25-13-10-21-6-2-3-7-23(21)24(25)19-27-17-15-26(16-18-27)14-4-5-20-8-11-22(12-9-20)28(29)30;;/h2-13H,14-19H2,1H3;2*1H/b5-4+;;. The fourth-order valence-electron chi connectivity index (χ4n) is 4.07. The molecule has 0 radical (unpaired) electrons. The van der Waals surface area contributed by atoms with E-state index in [1.165, 1.54) is 16.3 Å². The van der Waals surface area contributed by atoms with Gasteiger partial charge in [-0.25, -0.2) is 0 Å². The fourth-order valence-corrected chi connectivity index (χ4v) is 4.07. The lowest BCUT2D eigenvalue weighted by Crippen LogP contribution is -2.45. The summed E-state index contributed by atoms with van der Waals surface area (Å²) in [6, 6.07) is 19.3. The molecule has 0 bridgehead atoms. The van der Waals surface area contributed by atoms with Crippen molar-refractivity contribution in [2.75, 3.05) is 39.8 Å². The lowest BCUT2D eigenvalue weighted by atomic mass is 10.0. The average Bonchev–Trinajstić information content (AvgIpc) is 2.81. The fraction of sp³-hybridized carbons (Fsp3) is 0.280. The van der Waals surface area contributed by atoms with Gasteiger partial charge in [-0.3, -0.25) is 19.9 Å². The Morgan fingerprint density at radius 2 is 1.61 bits per heavy atom. The minimum atomic E-state index is -0.374. The molecule has 6 nitrogen and oxygen atoms in total. The summed E-state index contributed by atoms with van der Waals surface area (Å²) in [5.74, 6) is 0.951. The summed E-state index contributed by atoms with van der Waals surface area (Å²) in [5.41, 5.74) is 2.36. The van der Waals surface area contributed by atoms with Gasteiger partial charge in [-0.05, 0) is 34.5 Å². The van der Waals surface area contributed by atoms with E-state index in [4.69, 9.17) is 4.74 Å². The van der Waals surface area contributed by atoms with E-state index >= 15 is 0 Å². The third-order valence-corrected chi connectivity index (χ3v) is 5.84. The lowest BCUT2D eigenvalue weighted by molar-refractivity contribution is -0.384. The van der Waals surface area contributed by atoms with Crippen LogP contribution in [0.1, 0.15) is 11.1 Å². The van der Waals surface area contributed by atoms with E-state index in [-0.39, 0.29) is 35.4 Å². The van der Waals surface area contributed by atoms with E-state index in [1.807, 2.05) is 6.08 Å². The smallest absolute Gasteiger partial charge is 0.269 e. The first-order valence-corrected chi connectivity index (χ1v) is 10.5. The molecule has 1 aliphatic heterocycles. The van der Waals surface area contributed by atoms with E-state index in [0.717, 1.165) is 50.6 Å². The Morgan fingerprint density at radius 1 is 0.939 bits per heavy atom. The maximum Gasteiger partial charge on any atom is 0.269 e. The van der Waals surface area contributed by atoms with Crippen molar-refractivity contribution in [2.45, 2.75) is 6.54 Å². The Morgan fingerprint density at radius 3 is 2.27 bits per heavy atom. The Labute approximate surface area is 206 Å².